The third kappa shape index (κ3) is 4.76. The van der Waals surface area contributed by atoms with Gasteiger partial charge in [0.1, 0.15) is 5.75 Å². The lowest BCUT2D eigenvalue weighted by Gasteiger charge is -2.33. The molecule has 3 N–H and O–H groups in total. The number of carbonyl (C=O) groups is 1. The van der Waals surface area contributed by atoms with Crippen molar-refractivity contribution in [1.29, 1.82) is 0 Å². The summed E-state index contributed by atoms with van der Waals surface area (Å²) >= 11 is 0. The van der Waals surface area contributed by atoms with Crippen molar-refractivity contribution in [2.75, 3.05) is 42.9 Å². The Balaban J connectivity index is 1.46. The molecule has 1 saturated heterocycles. The van der Waals surface area contributed by atoms with Gasteiger partial charge in [-0.1, -0.05) is 26.0 Å². The molecule has 1 amide bonds. The zero-order chi connectivity index (χ0) is 18.5. The Bertz CT molecular complexity index is 718. The van der Waals surface area contributed by atoms with Gasteiger partial charge >= 0.3 is 0 Å². The zero-order valence-electron chi connectivity index (χ0n) is 15.5. The van der Waals surface area contributed by atoms with Crippen LogP contribution in [0.2, 0.25) is 0 Å². The van der Waals surface area contributed by atoms with E-state index < -0.39 is 0 Å². The highest BCUT2D eigenvalue weighted by molar-refractivity contribution is 5.91. The maximum absolute atomic E-state index is 12.3. The highest BCUT2D eigenvalue weighted by Crippen LogP contribution is 2.18. The molecule has 0 aliphatic carbocycles. The fraction of sp³-hybridized carbons (Fsp3) is 0.381. The number of nitrogens with zero attached hydrogens (tertiary/aromatic N) is 1. The first kappa shape index (κ1) is 18.3. The molecule has 1 aliphatic heterocycles. The molecule has 0 unspecified atom stereocenters. The van der Waals surface area contributed by atoms with Crippen LogP contribution in [0.5, 0.6) is 5.75 Å². The van der Waals surface area contributed by atoms with E-state index in [1.807, 2.05) is 24.3 Å². The molecule has 1 aliphatic rings. The number of hydrogen-bond donors (Lipinski definition) is 3. The second-order valence-corrected chi connectivity index (χ2v) is 7.26. The average Bonchev–Trinajstić information content (AvgIpc) is 2.63. The molecular formula is C21H28N3O2+. The number of phenols is 1. The van der Waals surface area contributed by atoms with Crippen molar-refractivity contribution in [3.05, 3.63) is 54.1 Å². The predicted octanol–water partition coefficient (Wildman–Crippen LogP) is 1.86. The van der Waals surface area contributed by atoms with E-state index in [9.17, 15) is 9.90 Å². The number of quaternary nitrogens is 1. The number of anilines is 2. The quantitative estimate of drug-likeness (QED) is 0.768. The monoisotopic (exact) mass is 354 g/mol. The zero-order valence-corrected chi connectivity index (χ0v) is 15.5. The van der Waals surface area contributed by atoms with E-state index in [1.165, 1.54) is 10.5 Å². The standard InChI is InChI=1S/C21H27N3O2/c1-16(2)17-3-5-18(6-4-17)22-21(26)15-23-11-13-24(14-12-23)19-7-9-20(25)10-8-19/h3-10,16,25H,11-15H2,1-2H3,(H,22,26)/p+1. The number of phenolic OH excluding ortho intramolecular Hbond substituents is 1. The van der Waals surface area contributed by atoms with Crippen LogP contribution in [0.15, 0.2) is 48.5 Å². The summed E-state index contributed by atoms with van der Waals surface area (Å²) in [6.45, 7) is 8.51. The lowest BCUT2D eigenvalue weighted by Crippen LogP contribution is -3.15. The Hall–Kier alpha value is -2.53. The van der Waals surface area contributed by atoms with Crippen LogP contribution in [-0.4, -0.2) is 43.7 Å². The van der Waals surface area contributed by atoms with Gasteiger partial charge in [0, 0.05) is 11.4 Å². The van der Waals surface area contributed by atoms with Crippen molar-refractivity contribution in [2.45, 2.75) is 19.8 Å². The van der Waals surface area contributed by atoms with Gasteiger partial charge in [-0.05, 0) is 47.9 Å². The molecule has 1 fully saturated rings. The molecule has 0 atom stereocenters. The minimum atomic E-state index is 0.0652. The number of hydrogen-bond acceptors (Lipinski definition) is 3. The number of piperazine rings is 1. The van der Waals surface area contributed by atoms with E-state index in [4.69, 9.17) is 0 Å². The Morgan fingerprint density at radius 2 is 1.69 bits per heavy atom. The maximum Gasteiger partial charge on any atom is 0.279 e. The molecule has 138 valence electrons. The van der Waals surface area contributed by atoms with Crippen LogP contribution in [0.25, 0.3) is 0 Å². The Labute approximate surface area is 155 Å². The summed E-state index contributed by atoms with van der Waals surface area (Å²) in [7, 11) is 0. The van der Waals surface area contributed by atoms with Gasteiger partial charge in [-0.15, -0.1) is 0 Å². The SMILES string of the molecule is CC(C)c1ccc(NC(=O)C[NH+]2CCN(c3ccc(O)cc3)CC2)cc1. The molecule has 2 aromatic rings. The van der Waals surface area contributed by atoms with Crippen LogP contribution in [0.3, 0.4) is 0 Å². The number of benzene rings is 2. The second kappa shape index (κ2) is 8.23. The fourth-order valence-corrected chi connectivity index (χ4v) is 3.30. The summed E-state index contributed by atoms with van der Waals surface area (Å²) in [6.07, 6.45) is 0. The summed E-state index contributed by atoms with van der Waals surface area (Å²) in [4.78, 5) is 15.9. The van der Waals surface area contributed by atoms with Crippen molar-refractivity contribution < 1.29 is 14.8 Å². The first-order chi connectivity index (χ1) is 12.5. The van der Waals surface area contributed by atoms with E-state index >= 15 is 0 Å². The van der Waals surface area contributed by atoms with Crippen molar-refractivity contribution in [2.24, 2.45) is 0 Å². The van der Waals surface area contributed by atoms with Crippen molar-refractivity contribution >= 4 is 17.3 Å². The minimum absolute atomic E-state index is 0.0652. The van der Waals surface area contributed by atoms with Crippen LogP contribution in [0, 0.1) is 0 Å². The van der Waals surface area contributed by atoms with Gasteiger partial charge < -0.3 is 20.2 Å². The summed E-state index contributed by atoms with van der Waals surface area (Å²) < 4.78 is 0. The van der Waals surface area contributed by atoms with E-state index in [0.29, 0.717) is 12.5 Å². The third-order valence-electron chi connectivity index (χ3n) is 4.96. The smallest absolute Gasteiger partial charge is 0.279 e. The first-order valence-corrected chi connectivity index (χ1v) is 9.28. The molecule has 0 saturated carbocycles. The maximum atomic E-state index is 12.3. The normalized spacial score (nSPS) is 15.3. The van der Waals surface area contributed by atoms with Gasteiger partial charge in [-0.2, -0.15) is 0 Å². The van der Waals surface area contributed by atoms with Crippen molar-refractivity contribution in [3.8, 4) is 5.75 Å². The molecule has 0 radical (unpaired) electrons. The first-order valence-electron chi connectivity index (χ1n) is 9.28. The molecule has 1 heterocycles. The fourth-order valence-electron chi connectivity index (χ4n) is 3.30. The highest BCUT2D eigenvalue weighted by Gasteiger charge is 2.22. The van der Waals surface area contributed by atoms with Crippen molar-refractivity contribution in [3.63, 3.8) is 0 Å². The number of carbonyl (C=O) groups excluding carboxylic acids is 1. The van der Waals surface area contributed by atoms with Gasteiger partial charge in [0.15, 0.2) is 6.54 Å². The molecule has 2 aromatic carbocycles. The molecule has 0 spiro atoms. The lowest BCUT2D eigenvalue weighted by molar-refractivity contribution is -0.892. The number of nitrogens with one attached hydrogen (secondary N) is 2. The summed E-state index contributed by atoms with van der Waals surface area (Å²) in [5, 5.41) is 12.4. The average molecular weight is 354 g/mol. The predicted molar refractivity (Wildman–Crippen MR) is 105 cm³/mol. The Morgan fingerprint density at radius 3 is 2.27 bits per heavy atom. The van der Waals surface area contributed by atoms with E-state index in [2.05, 4.69) is 36.2 Å². The Morgan fingerprint density at radius 1 is 1.08 bits per heavy atom. The lowest BCUT2D eigenvalue weighted by atomic mass is 10.0. The molecule has 5 nitrogen and oxygen atoms in total. The number of rotatable bonds is 5. The molecule has 0 bridgehead atoms. The van der Waals surface area contributed by atoms with Crippen LogP contribution in [0.1, 0.15) is 25.3 Å². The van der Waals surface area contributed by atoms with Gasteiger partial charge in [0.2, 0.25) is 0 Å². The van der Waals surface area contributed by atoms with E-state index in [1.54, 1.807) is 12.1 Å². The summed E-state index contributed by atoms with van der Waals surface area (Å²) in [6, 6.07) is 15.4. The summed E-state index contributed by atoms with van der Waals surface area (Å²) in [5.41, 5.74) is 3.26. The molecule has 0 aromatic heterocycles. The van der Waals surface area contributed by atoms with Crippen LogP contribution in [-0.2, 0) is 4.79 Å². The molecular weight excluding hydrogens is 326 g/mol. The van der Waals surface area contributed by atoms with Crippen LogP contribution in [0.4, 0.5) is 11.4 Å². The third-order valence-corrected chi connectivity index (χ3v) is 4.96. The largest absolute Gasteiger partial charge is 0.508 e. The van der Waals surface area contributed by atoms with E-state index in [0.717, 1.165) is 37.6 Å². The summed E-state index contributed by atoms with van der Waals surface area (Å²) in [5.74, 6) is 0.848. The van der Waals surface area contributed by atoms with Gasteiger partial charge in [-0.3, -0.25) is 4.79 Å². The van der Waals surface area contributed by atoms with Gasteiger partial charge in [0.25, 0.3) is 5.91 Å². The van der Waals surface area contributed by atoms with Gasteiger partial charge in [-0.25, -0.2) is 0 Å². The molecule has 26 heavy (non-hydrogen) atoms. The highest BCUT2D eigenvalue weighted by atomic mass is 16.3. The van der Waals surface area contributed by atoms with Gasteiger partial charge in [0.05, 0.1) is 26.2 Å². The van der Waals surface area contributed by atoms with Crippen molar-refractivity contribution in [1.82, 2.24) is 0 Å². The second-order valence-electron chi connectivity index (χ2n) is 7.26. The molecule has 5 heteroatoms. The topological polar surface area (TPSA) is 57.0 Å². The van der Waals surface area contributed by atoms with Crippen LogP contribution < -0.4 is 15.1 Å². The minimum Gasteiger partial charge on any atom is -0.508 e. The number of aromatic hydroxyl groups is 1. The van der Waals surface area contributed by atoms with Crippen LogP contribution >= 0.6 is 0 Å². The molecule has 3 rings (SSSR count). The number of amides is 1. The van der Waals surface area contributed by atoms with E-state index in [-0.39, 0.29) is 11.7 Å². The Kier molecular flexibility index (Phi) is 5.78.